The van der Waals surface area contributed by atoms with Crippen LogP contribution in [0.3, 0.4) is 0 Å². The van der Waals surface area contributed by atoms with Crippen molar-refractivity contribution in [1.29, 1.82) is 0 Å². The lowest BCUT2D eigenvalue weighted by Crippen LogP contribution is -2.60. The molecule has 1 saturated heterocycles. The van der Waals surface area contributed by atoms with Gasteiger partial charge in [0, 0.05) is 31.9 Å². The van der Waals surface area contributed by atoms with Gasteiger partial charge in [-0.15, -0.1) is 22.5 Å². The van der Waals surface area contributed by atoms with Crippen LogP contribution in [0.25, 0.3) is 11.5 Å². The zero-order valence-electron chi connectivity index (χ0n) is 13.3. The first-order chi connectivity index (χ1) is 11.4. The summed E-state index contributed by atoms with van der Waals surface area (Å²) in [5.41, 5.74) is 0.269. The third-order valence-electron chi connectivity index (χ3n) is 4.02. The Morgan fingerprint density at radius 1 is 1.42 bits per heavy atom. The Balaban J connectivity index is 1.68. The molecule has 2 aromatic heterocycles. The highest BCUT2D eigenvalue weighted by Gasteiger charge is 2.49. The van der Waals surface area contributed by atoms with Gasteiger partial charge in [0.15, 0.2) is 0 Å². The van der Waals surface area contributed by atoms with Gasteiger partial charge in [-0.1, -0.05) is 0 Å². The van der Waals surface area contributed by atoms with Crippen molar-refractivity contribution in [2.75, 3.05) is 18.8 Å². The first kappa shape index (κ1) is 16.6. The summed E-state index contributed by atoms with van der Waals surface area (Å²) in [6.07, 6.45) is 9.40. The minimum atomic E-state index is -3.28. The number of pyridine rings is 1. The minimum Gasteiger partial charge on any atom is -0.420 e. The summed E-state index contributed by atoms with van der Waals surface area (Å²) in [7, 11) is -3.28. The van der Waals surface area contributed by atoms with E-state index in [1.54, 1.807) is 18.5 Å². The fraction of sp³-hybridized carbons (Fsp3) is 0.438. The summed E-state index contributed by atoms with van der Waals surface area (Å²) in [5, 5.41) is 8.12. The molecule has 126 valence electrons. The van der Waals surface area contributed by atoms with Crippen molar-refractivity contribution in [2.24, 2.45) is 0 Å². The third kappa shape index (κ3) is 3.18. The van der Waals surface area contributed by atoms with E-state index in [1.165, 1.54) is 4.31 Å². The predicted molar refractivity (Wildman–Crippen MR) is 88.3 cm³/mol. The van der Waals surface area contributed by atoms with Gasteiger partial charge in [0.1, 0.15) is 0 Å². The molecule has 0 N–H and O–H groups in total. The van der Waals surface area contributed by atoms with Crippen LogP contribution in [-0.4, -0.2) is 46.7 Å². The molecule has 3 rings (SSSR count). The van der Waals surface area contributed by atoms with Gasteiger partial charge in [-0.2, -0.15) is 4.31 Å². The molecule has 0 aromatic carbocycles. The summed E-state index contributed by atoms with van der Waals surface area (Å²) < 4.78 is 31.6. The normalized spacial score (nSPS) is 17.2. The lowest BCUT2D eigenvalue weighted by molar-refractivity contribution is 0.139. The molecular formula is C16H18N4O3S. The van der Waals surface area contributed by atoms with Crippen LogP contribution in [0.4, 0.5) is 0 Å². The van der Waals surface area contributed by atoms with Gasteiger partial charge in [0.05, 0.1) is 16.7 Å². The Morgan fingerprint density at radius 3 is 2.88 bits per heavy atom. The van der Waals surface area contributed by atoms with Gasteiger partial charge in [-0.3, -0.25) is 4.98 Å². The summed E-state index contributed by atoms with van der Waals surface area (Å²) in [6, 6.07) is 3.62. The molecule has 8 heteroatoms. The standard InChI is InChI=1S/C16H18N4O3S/c1-3-4-5-9-24(21,22)20-11-16(2,12-20)15-19-18-14(23-15)13-7-6-8-17-10-13/h1,6-8,10H,4-5,9,11-12H2,2H3. The number of hydrogen-bond donors (Lipinski definition) is 0. The Morgan fingerprint density at radius 2 is 2.21 bits per heavy atom. The first-order valence-corrected chi connectivity index (χ1v) is 9.21. The first-order valence-electron chi connectivity index (χ1n) is 7.60. The number of nitrogens with zero attached hydrogens (tertiary/aromatic N) is 4. The molecule has 0 saturated carbocycles. The molecule has 0 bridgehead atoms. The van der Waals surface area contributed by atoms with Crippen molar-refractivity contribution >= 4 is 10.0 Å². The fourth-order valence-corrected chi connectivity index (χ4v) is 4.35. The second kappa shape index (κ2) is 6.34. The quantitative estimate of drug-likeness (QED) is 0.581. The third-order valence-corrected chi connectivity index (χ3v) is 5.87. The highest BCUT2D eigenvalue weighted by molar-refractivity contribution is 7.89. The molecule has 7 nitrogen and oxygen atoms in total. The number of terminal acetylenes is 1. The van der Waals surface area contributed by atoms with Gasteiger partial charge in [-0.05, 0) is 25.5 Å². The molecule has 2 aromatic rings. The number of hydrogen-bond acceptors (Lipinski definition) is 6. The lowest BCUT2D eigenvalue weighted by atomic mass is 9.84. The van der Waals surface area contributed by atoms with Gasteiger partial charge in [-0.25, -0.2) is 8.42 Å². The maximum Gasteiger partial charge on any atom is 0.249 e. The number of unbranched alkanes of at least 4 members (excludes halogenated alkanes) is 1. The average Bonchev–Trinajstić information content (AvgIpc) is 3.03. The van der Waals surface area contributed by atoms with Gasteiger partial charge in [0.2, 0.25) is 21.8 Å². The molecule has 0 atom stereocenters. The number of sulfonamides is 1. The molecule has 0 amide bonds. The highest BCUT2D eigenvalue weighted by atomic mass is 32.2. The summed E-state index contributed by atoms with van der Waals surface area (Å²) >= 11 is 0. The lowest BCUT2D eigenvalue weighted by Gasteiger charge is -2.44. The Labute approximate surface area is 141 Å². The van der Waals surface area contributed by atoms with E-state index in [0.29, 0.717) is 37.7 Å². The van der Waals surface area contributed by atoms with Gasteiger partial charge < -0.3 is 4.42 Å². The van der Waals surface area contributed by atoms with Crippen LogP contribution in [0.5, 0.6) is 0 Å². The molecule has 0 radical (unpaired) electrons. The van der Waals surface area contributed by atoms with E-state index in [-0.39, 0.29) is 5.75 Å². The summed E-state index contributed by atoms with van der Waals surface area (Å²) in [6.45, 7) is 2.58. The van der Waals surface area contributed by atoms with Crippen LogP contribution in [0.15, 0.2) is 28.9 Å². The molecular weight excluding hydrogens is 328 g/mol. The number of rotatable bonds is 6. The average molecular weight is 346 g/mol. The minimum absolute atomic E-state index is 0.0675. The van der Waals surface area contributed by atoms with Crippen molar-refractivity contribution in [3.05, 3.63) is 30.4 Å². The van der Waals surface area contributed by atoms with E-state index in [4.69, 9.17) is 10.8 Å². The molecule has 0 unspecified atom stereocenters. The fourth-order valence-electron chi connectivity index (χ4n) is 2.62. The van der Waals surface area contributed by atoms with E-state index >= 15 is 0 Å². The van der Waals surface area contributed by atoms with Crippen molar-refractivity contribution in [1.82, 2.24) is 19.5 Å². The molecule has 3 heterocycles. The monoisotopic (exact) mass is 346 g/mol. The Hall–Kier alpha value is -2.24. The van der Waals surface area contributed by atoms with Crippen LogP contribution in [0.1, 0.15) is 25.7 Å². The SMILES string of the molecule is C#CCCCS(=O)(=O)N1CC(C)(c2nnc(-c3cccnc3)o2)C1. The smallest absolute Gasteiger partial charge is 0.249 e. The van der Waals surface area contributed by atoms with Crippen LogP contribution in [-0.2, 0) is 15.4 Å². The maximum atomic E-state index is 12.2. The van der Waals surface area contributed by atoms with Crippen LogP contribution in [0, 0.1) is 12.3 Å². The maximum absolute atomic E-state index is 12.2. The summed E-state index contributed by atoms with van der Waals surface area (Å²) in [5.74, 6) is 3.35. The van der Waals surface area contributed by atoms with E-state index in [0.717, 1.165) is 5.56 Å². The molecule has 1 fully saturated rings. The second-order valence-electron chi connectivity index (χ2n) is 6.11. The van der Waals surface area contributed by atoms with E-state index in [1.807, 2.05) is 13.0 Å². The van der Waals surface area contributed by atoms with Crippen LogP contribution in [0.2, 0.25) is 0 Å². The highest BCUT2D eigenvalue weighted by Crippen LogP contribution is 2.36. The number of aromatic nitrogens is 3. The van der Waals surface area contributed by atoms with E-state index in [9.17, 15) is 8.42 Å². The van der Waals surface area contributed by atoms with Crippen molar-refractivity contribution in [2.45, 2.75) is 25.2 Å². The summed E-state index contributed by atoms with van der Waals surface area (Å²) in [4.78, 5) is 4.02. The topological polar surface area (TPSA) is 89.2 Å². The Kier molecular flexibility index (Phi) is 4.39. The van der Waals surface area contributed by atoms with Crippen molar-refractivity contribution in [3.8, 4) is 23.8 Å². The second-order valence-corrected chi connectivity index (χ2v) is 8.19. The Bertz CT molecular complexity index is 849. The van der Waals surface area contributed by atoms with Gasteiger partial charge >= 0.3 is 0 Å². The molecule has 1 aliphatic rings. The van der Waals surface area contributed by atoms with Crippen molar-refractivity contribution < 1.29 is 12.8 Å². The largest absolute Gasteiger partial charge is 0.420 e. The zero-order chi connectivity index (χ0) is 17.2. The zero-order valence-corrected chi connectivity index (χ0v) is 14.2. The predicted octanol–water partition coefficient (Wildman–Crippen LogP) is 1.45. The van der Waals surface area contributed by atoms with E-state index < -0.39 is 15.4 Å². The van der Waals surface area contributed by atoms with E-state index in [2.05, 4.69) is 21.1 Å². The van der Waals surface area contributed by atoms with Crippen LogP contribution >= 0.6 is 0 Å². The molecule has 1 aliphatic heterocycles. The van der Waals surface area contributed by atoms with Crippen LogP contribution < -0.4 is 0 Å². The van der Waals surface area contributed by atoms with Crippen molar-refractivity contribution in [3.63, 3.8) is 0 Å². The molecule has 24 heavy (non-hydrogen) atoms. The molecule has 0 spiro atoms. The molecule has 0 aliphatic carbocycles. The van der Waals surface area contributed by atoms with Gasteiger partial charge in [0.25, 0.3) is 0 Å².